The van der Waals surface area contributed by atoms with Crippen LogP contribution in [0.1, 0.15) is 25.5 Å². The summed E-state index contributed by atoms with van der Waals surface area (Å²) in [5.41, 5.74) is 0.663. The number of hydrogen-bond acceptors (Lipinski definition) is 4. The fraction of sp³-hybridized carbons (Fsp3) is 0.462. The largest absolute Gasteiger partial charge is 0.491 e. The van der Waals surface area contributed by atoms with Gasteiger partial charge < -0.3 is 19.7 Å². The minimum Gasteiger partial charge on any atom is -0.491 e. The van der Waals surface area contributed by atoms with Crippen molar-refractivity contribution >= 4 is 5.97 Å². The molecule has 0 fully saturated rings. The van der Waals surface area contributed by atoms with E-state index in [9.17, 15) is 9.90 Å². The molecule has 0 amide bonds. The predicted molar refractivity (Wildman–Crippen MR) is 65.6 cm³/mol. The quantitative estimate of drug-likeness (QED) is 0.773. The van der Waals surface area contributed by atoms with Crippen LogP contribution < -0.4 is 4.74 Å². The number of rotatable bonds is 7. The summed E-state index contributed by atoms with van der Waals surface area (Å²) in [4.78, 5) is 10.2. The molecule has 0 spiro atoms. The summed E-state index contributed by atoms with van der Waals surface area (Å²) in [6, 6.07) is 6.98. The summed E-state index contributed by atoms with van der Waals surface area (Å²) in [5, 5.41) is 18.1. The van der Waals surface area contributed by atoms with Crippen LogP contribution in [0.15, 0.2) is 24.3 Å². The second-order valence-electron chi connectivity index (χ2n) is 4.16. The average Bonchev–Trinajstić information content (AvgIpc) is 2.28. The maximum absolute atomic E-state index is 10.2. The van der Waals surface area contributed by atoms with Crippen molar-refractivity contribution in [2.24, 2.45) is 0 Å². The molecule has 0 saturated carbocycles. The molecule has 100 valence electrons. The molecule has 0 aliphatic heterocycles. The van der Waals surface area contributed by atoms with E-state index in [0.29, 0.717) is 5.56 Å². The van der Waals surface area contributed by atoms with Gasteiger partial charge in [-0.3, -0.25) is 0 Å². The molecule has 0 bridgehead atoms. The number of aliphatic hydroxyl groups is 1. The van der Waals surface area contributed by atoms with E-state index in [4.69, 9.17) is 14.6 Å². The lowest BCUT2D eigenvalue weighted by Gasteiger charge is -2.13. The van der Waals surface area contributed by atoms with Gasteiger partial charge in [-0.05, 0) is 31.5 Å². The van der Waals surface area contributed by atoms with Gasteiger partial charge in [0.2, 0.25) is 0 Å². The normalized spacial score (nSPS) is 12.4. The monoisotopic (exact) mass is 254 g/mol. The van der Waals surface area contributed by atoms with Crippen LogP contribution in [0.4, 0.5) is 0 Å². The molecule has 1 rings (SSSR count). The van der Waals surface area contributed by atoms with Crippen molar-refractivity contribution in [2.45, 2.75) is 26.1 Å². The van der Waals surface area contributed by atoms with Crippen molar-refractivity contribution in [1.82, 2.24) is 0 Å². The number of aliphatic carboxylic acids is 1. The minimum absolute atomic E-state index is 0.0450. The summed E-state index contributed by atoms with van der Waals surface area (Å²) in [7, 11) is 0. The number of benzene rings is 1. The van der Waals surface area contributed by atoms with E-state index in [1.54, 1.807) is 24.3 Å². The molecule has 1 atom stereocenters. The summed E-state index contributed by atoms with van der Waals surface area (Å²) < 4.78 is 10.3. The highest BCUT2D eigenvalue weighted by Crippen LogP contribution is 2.18. The van der Waals surface area contributed by atoms with Gasteiger partial charge in [0, 0.05) is 0 Å². The summed E-state index contributed by atoms with van der Waals surface area (Å²) in [5.74, 6) is -0.324. The molecule has 0 heterocycles. The van der Waals surface area contributed by atoms with E-state index in [2.05, 4.69) is 0 Å². The molecule has 0 aromatic heterocycles. The van der Waals surface area contributed by atoms with Gasteiger partial charge in [0.1, 0.15) is 18.5 Å². The van der Waals surface area contributed by atoms with E-state index in [-0.39, 0.29) is 12.7 Å². The Kier molecular flexibility index (Phi) is 5.61. The van der Waals surface area contributed by atoms with Gasteiger partial charge in [-0.25, -0.2) is 4.79 Å². The predicted octanol–water partition coefficient (Wildman–Crippen LogP) is 1.61. The standard InChI is InChI=1S/C13H18O5/c1-9(2)18-11-5-3-10(4-6-11)12(14)7-17-8-13(15)16/h3-6,9,12,14H,7-8H2,1-2H3,(H,15,16). The Morgan fingerprint density at radius 1 is 1.28 bits per heavy atom. The first kappa shape index (κ1) is 14.5. The van der Waals surface area contributed by atoms with Crippen molar-refractivity contribution in [3.05, 3.63) is 29.8 Å². The van der Waals surface area contributed by atoms with Crippen LogP contribution in [0, 0.1) is 0 Å². The minimum atomic E-state index is -1.05. The lowest BCUT2D eigenvalue weighted by molar-refractivity contribution is -0.143. The molecule has 1 unspecified atom stereocenters. The number of carboxylic acid groups (broad SMARTS) is 1. The fourth-order valence-corrected chi connectivity index (χ4v) is 1.39. The van der Waals surface area contributed by atoms with Crippen molar-refractivity contribution in [2.75, 3.05) is 13.2 Å². The molecule has 0 radical (unpaired) electrons. The molecule has 1 aromatic carbocycles. The second kappa shape index (κ2) is 6.98. The summed E-state index contributed by atoms with van der Waals surface area (Å²) in [6.45, 7) is 3.41. The lowest BCUT2D eigenvalue weighted by atomic mass is 10.1. The SMILES string of the molecule is CC(C)Oc1ccc(C(O)COCC(=O)O)cc1. The topological polar surface area (TPSA) is 76.0 Å². The third-order valence-corrected chi connectivity index (χ3v) is 2.14. The van der Waals surface area contributed by atoms with E-state index in [1.807, 2.05) is 13.8 Å². The smallest absolute Gasteiger partial charge is 0.329 e. The molecule has 2 N–H and O–H groups in total. The zero-order valence-electron chi connectivity index (χ0n) is 10.5. The third kappa shape index (κ3) is 5.16. The highest BCUT2D eigenvalue weighted by molar-refractivity contribution is 5.67. The Morgan fingerprint density at radius 3 is 2.39 bits per heavy atom. The third-order valence-electron chi connectivity index (χ3n) is 2.14. The van der Waals surface area contributed by atoms with E-state index in [0.717, 1.165) is 5.75 Å². The first-order valence-electron chi connectivity index (χ1n) is 5.73. The Morgan fingerprint density at radius 2 is 1.89 bits per heavy atom. The van der Waals surface area contributed by atoms with Crippen molar-refractivity contribution in [3.8, 4) is 5.75 Å². The number of carbonyl (C=O) groups is 1. The van der Waals surface area contributed by atoms with Gasteiger partial charge in [0.15, 0.2) is 0 Å². The Bertz CT molecular complexity index is 371. The molecule has 18 heavy (non-hydrogen) atoms. The maximum atomic E-state index is 10.2. The molecule has 1 aromatic rings. The highest BCUT2D eigenvalue weighted by Gasteiger charge is 2.09. The van der Waals surface area contributed by atoms with E-state index in [1.165, 1.54) is 0 Å². The van der Waals surface area contributed by atoms with E-state index >= 15 is 0 Å². The molecule has 5 nitrogen and oxygen atoms in total. The molecule has 0 aliphatic carbocycles. The van der Waals surface area contributed by atoms with Crippen molar-refractivity contribution < 1.29 is 24.5 Å². The lowest BCUT2D eigenvalue weighted by Crippen LogP contribution is -2.13. The van der Waals surface area contributed by atoms with Crippen LogP contribution in [0.25, 0.3) is 0 Å². The average molecular weight is 254 g/mol. The van der Waals surface area contributed by atoms with Crippen LogP contribution in [0.5, 0.6) is 5.75 Å². The first-order valence-corrected chi connectivity index (χ1v) is 5.73. The number of ether oxygens (including phenoxy) is 2. The van der Waals surface area contributed by atoms with Gasteiger partial charge in [-0.15, -0.1) is 0 Å². The van der Waals surface area contributed by atoms with Crippen molar-refractivity contribution in [1.29, 1.82) is 0 Å². The highest BCUT2D eigenvalue weighted by atomic mass is 16.5. The van der Waals surface area contributed by atoms with Crippen LogP contribution in [-0.4, -0.2) is 35.5 Å². The van der Waals surface area contributed by atoms with Crippen LogP contribution in [0.2, 0.25) is 0 Å². The fourth-order valence-electron chi connectivity index (χ4n) is 1.39. The van der Waals surface area contributed by atoms with Gasteiger partial charge in [-0.2, -0.15) is 0 Å². The van der Waals surface area contributed by atoms with Gasteiger partial charge in [0.05, 0.1) is 12.7 Å². The zero-order valence-corrected chi connectivity index (χ0v) is 10.5. The van der Waals surface area contributed by atoms with Gasteiger partial charge >= 0.3 is 5.97 Å². The maximum Gasteiger partial charge on any atom is 0.329 e. The van der Waals surface area contributed by atoms with Gasteiger partial charge in [0.25, 0.3) is 0 Å². The van der Waals surface area contributed by atoms with Crippen molar-refractivity contribution in [3.63, 3.8) is 0 Å². The van der Waals surface area contributed by atoms with Crippen LogP contribution in [-0.2, 0) is 9.53 Å². The van der Waals surface area contributed by atoms with Gasteiger partial charge in [-0.1, -0.05) is 12.1 Å². The Labute approximate surface area is 106 Å². The second-order valence-corrected chi connectivity index (χ2v) is 4.16. The molecule has 0 saturated heterocycles. The number of aliphatic hydroxyl groups excluding tert-OH is 1. The van der Waals surface area contributed by atoms with E-state index < -0.39 is 18.7 Å². The zero-order chi connectivity index (χ0) is 13.5. The first-order chi connectivity index (χ1) is 8.49. The molecule has 0 aliphatic rings. The van der Waals surface area contributed by atoms with Crippen LogP contribution >= 0.6 is 0 Å². The Balaban J connectivity index is 2.48. The molecular formula is C13H18O5. The number of carboxylic acids is 1. The number of hydrogen-bond donors (Lipinski definition) is 2. The summed E-state index contributed by atoms with van der Waals surface area (Å²) in [6.07, 6.45) is -0.739. The Hall–Kier alpha value is -1.59. The molecular weight excluding hydrogens is 236 g/mol. The molecule has 5 heteroatoms. The summed E-state index contributed by atoms with van der Waals surface area (Å²) >= 11 is 0. The van der Waals surface area contributed by atoms with Crippen LogP contribution in [0.3, 0.4) is 0 Å².